The second-order valence-electron chi connectivity index (χ2n) is 4.05. The van der Waals surface area contributed by atoms with Crippen LogP contribution in [0.25, 0.3) is 0 Å². The standard InChI is InChI=1S/C11H20O6/c1-9(2)6-17-16-5-4-15-10(14)11(3,7-12)8-13/h12-13H,1,4-8H2,2-3H3. The maximum absolute atomic E-state index is 11.4. The lowest BCUT2D eigenvalue weighted by atomic mass is 9.93. The first kappa shape index (κ1) is 16.1. The van der Waals surface area contributed by atoms with Gasteiger partial charge in [0.25, 0.3) is 0 Å². The molecule has 0 aromatic carbocycles. The molecule has 0 amide bonds. The van der Waals surface area contributed by atoms with Crippen LogP contribution in [0.3, 0.4) is 0 Å². The van der Waals surface area contributed by atoms with Crippen LogP contribution in [0.15, 0.2) is 12.2 Å². The van der Waals surface area contributed by atoms with E-state index in [0.717, 1.165) is 5.57 Å². The number of hydrogen-bond donors (Lipinski definition) is 2. The molecule has 0 atom stereocenters. The number of carbonyl (C=O) groups is 1. The molecule has 0 bridgehead atoms. The van der Waals surface area contributed by atoms with E-state index < -0.39 is 24.6 Å². The van der Waals surface area contributed by atoms with Gasteiger partial charge >= 0.3 is 5.97 Å². The Morgan fingerprint density at radius 2 is 1.82 bits per heavy atom. The molecule has 0 aliphatic rings. The lowest BCUT2D eigenvalue weighted by Crippen LogP contribution is -2.37. The van der Waals surface area contributed by atoms with Crippen molar-refractivity contribution in [3.63, 3.8) is 0 Å². The molecule has 0 spiro atoms. The predicted octanol–water partition coefficient (Wildman–Crippen LogP) is 0.0448. The molecule has 0 unspecified atom stereocenters. The summed E-state index contributed by atoms with van der Waals surface area (Å²) in [6.45, 7) is 6.20. The SMILES string of the molecule is C=C(C)COOCCOC(=O)C(C)(CO)CO. The minimum Gasteiger partial charge on any atom is -0.463 e. The Bertz CT molecular complexity index is 246. The lowest BCUT2D eigenvalue weighted by Gasteiger charge is -2.21. The van der Waals surface area contributed by atoms with Gasteiger partial charge in [-0.15, -0.1) is 0 Å². The largest absolute Gasteiger partial charge is 0.463 e. The Morgan fingerprint density at radius 3 is 2.29 bits per heavy atom. The van der Waals surface area contributed by atoms with Crippen LogP contribution < -0.4 is 0 Å². The number of esters is 1. The third-order valence-electron chi connectivity index (χ3n) is 1.98. The first-order valence-corrected chi connectivity index (χ1v) is 5.24. The van der Waals surface area contributed by atoms with Gasteiger partial charge in [-0.3, -0.25) is 4.79 Å². The van der Waals surface area contributed by atoms with Crippen molar-refractivity contribution < 1.29 is 29.5 Å². The highest BCUT2D eigenvalue weighted by Crippen LogP contribution is 2.16. The van der Waals surface area contributed by atoms with Gasteiger partial charge in [-0.25, -0.2) is 9.78 Å². The van der Waals surface area contributed by atoms with E-state index in [9.17, 15) is 4.79 Å². The monoisotopic (exact) mass is 248 g/mol. The van der Waals surface area contributed by atoms with Crippen LogP contribution in [0, 0.1) is 5.41 Å². The minimum atomic E-state index is -1.28. The molecule has 0 saturated heterocycles. The molecule has 6 nitrogen and oxygen atoms in total. The summed E-state index contributed by atoms with van der Waals surface area (Å²) in [4.78, 5) is 20.9. The minimum absolute atomic E-state index is 0.00931. The molecule has 6 heteroatoms. The van der Waals surface area contributed by atoms with E-state index in [1.165, 1.54) is 6.92 Å². The highest BCUT2D eigenvalue weighted by molar-refractivity contribution is 5.76. The summed E-state index contributed by atoms with van der Waals surface area (Å²) in [5.74, 6) is -0.675. The van der Waals surface area contributed by atoms with Crippen LogP contribution in [-0.4, -0.2) is 49.2 Å². The third kappa shape index (κ3) is 6.38. The van der Waals surface area contributed by atoms with Gasteiger partial charge in [0.2, 0.25) is 0 Å². The highest BCUT2D eigenvalue weighted by Gasteiger charge is 2.33. The molecule has 0 saturated carbocycles. The molecule has 0 heterocycles. The first-order valence-electron chi connectivity index (χ1n) is 5.24. The van der Waals surface area contributed by atoms with Gasteiger partial charge in [0.1, 0.15) is 25.2 Å². The van der Waals surface area contributed by atoms with Crippen LogP contribution >= 0.6 is 0 Å². The van der Waals surface area contributed by atoms with Crippen LogP contribution in [0.4, 0.5) is 0 Å². The average molecular weight is 248 g/mol. The van der Waals surface area contributed by atoms with E-state index in [-0.39, 0.29) is 19.8 Å². The molecule has 0 fully saturated rings. The summed E-state index contributed by atoms with van der Waals surface area (Å²) >= 11 is 0. The second-order valence-corrected chi connectivity index (χ2v) is 4.05. The molecular formula is C11H20O6. The summed E-state index contributed by atoms with van der Waals surface area (Å²) in [5.41, 5.74) is -0.464. The summed E-state index contributed by atoms with van der Waals surface area (Å²) in [7, 11) is 0. The number of aliphatic hydroxyl groups excluding tert-OH is 2. The van der Waals surface area contributed by atoms with Crippen LogP contribution in [-0.2, 0) is 19.3 Å². The van der Waals surface area contributed by atoms with Gasteiger partial charge < -0.3 is 14.9 Å². The Kier molecular flexibility index (Phi) is 7.73. The van der Waals surface area contributed by atoms with Crippen LogP contribution in [0.5, 0.6) is 0 Å². The zero-order chi connectivity index (χ0) is 13.3. The fourth-order valence-electron chi connectivity index (χ4n) is 0.723. The Hall–Kier alpha value is -0.950. The van der Waals surface area contributed by atoms with Crippen LogP contribution in [0.2, 0.25) is 0 Å². The van der Waals surface area contributed by atoms with Gasteiger partial charge in [-0.05, 0) is 13.8 Å². The molecule has 0 rings (SSSR count). The summed E-state index contributed by atoms with van der Waals surface area (Å²) in [5, 5.41) is 17.9. The average Bonchev–Trinajstić information content (AvgIpc) is 2.31. The number of ether oxygens (including phenoxy) is 1. The second kappa shape index (κ2) is 8.19. The zero-order valence-corrected chi connectivity index (χ0v) is 10.3. The Labute approximate surface area is 101 Å². The molecule has 0 aliphatic heterocycles. The Balaban J connectivity index is 3.68. The summed E-state index contributed by atoms with van der Waals surface area (Å²) < 4.78 is 4.81. The van der Waals surface area contributed by atoms with Crippen molar-refractivity contribution in [1.82, 2.24) is 0 Å². The van der Waals surface area contributed by atoms with Crippen molar-refractivity contribution in [1.29, 1.82) is 0 Å². The van der Waals surface area contributed by atoms with E-state index in [0.29, 0.717) is 0 Å². The van der Waals surface area contributed by atoms with Crippen molar-refractivity contribution in [2.75, 3.05) is 33.0 Å². The Morgan fingerprint density at radius 1 is 1.24 bits per heavy atom. The molecule has 17 heavy (non-hydrogen) atoms. The highest BCUT2D eigenvalue weighted by atomic mass is 17.2. The third-order valence-corrected chi connectivity index (χ3v) is 1.98. The molecule has 0 aromatic heterocycles. The number of hydrogen-bond acceptors (Lipinski definition) is 6. The van der Waals surface area contributed by atoms with Gasteiger partial charge in [0.05, 0.1) is 13.2 Å². The van der Waals surface area contributed by atoms with Gasteiger partial charge in [-0.1, -0.05) is 12.2 Å². The first-order chi connectivity index (χ1) is 7.96. The molecule has 100 valence electrons. The van der Waals surface area contributed by atoms with Gasteiger partial charge in [0, 0.05) is 0 Å². The van der Waals surface area contributed by atoms with E-state index in [2.05, 4.69) is 6.58 Å². The topological polar surface area (TPSA) is 85.2 Å². The van der Waals surface area contributed by atoms with E-state index in [1.54, 1.807) is 6.92 Å². The maximum atomic E-state index is 11.4. The van der Waals surface area contributed by atoms with Crippen molar-refractivity contribution in [3.8, 4) is 0 Å². The molecular weight excluding hydrogens is 228 g/mol. The van der Waals surface area contributed by atoms with E-state index >= 15 is 0 Å². The molecule has 0 aromatic rings. The van der Waals surface area contributed by atoms with E-state index in [4.69, 9.17) is 24.7 Å². The lowest BCUT2D eigenvalue weighted by molar-refractivity contribution is -0.292. The molecule has 2 N–H and O–H groups in total. The fraction of sp³-hybridized carbons (Fsp3) is 0.727. The van der Waals surface area contributed by atoms with Crippen molar-refractivity contribution >= 4 is 5.97 Å². The summed E-state index contributed by atoms with van der Waals surface area (Å²) in [6, 6.07) is 0. The predicted molar refractivity (Wildman–Crippen MR) is 60.0 cm³/mol. The number of rotatable bonds is 9. The smallest absolute Gasteiger partial charge is 0.316 e. The van der Waals surface area contributed by atoms with E-state index in [1.807, 2.05) is 0 Å². The number of carbonyl (C=O) groups excluding carboxylic acids is 1. The van der Waals surface area contributed by atoms with Crippen molar-refractivity contribution in [3.05, 3.63) is 12.2 Å². The van der Waals surface area contributed by atoms with Crippen molar-refractivity contribution in [2.24, 2.45) is 5.41 Å². The fourth-order valence-corrected chi connectivity index (χ4v) is 0.723. The summed E-state index contributed by atoms with van der Waals surface area (Å²) in [6.07, 6.45) is 0. The number of aliphatic hydroxyl groups is 2. The van der Waals surface area contributed by atoms with Crippen LogP contribution in [0.1, 0.15) is 13.8 Å². The normalized spacial score (nSPS) is 11.3. The van der Waals surface area contributed by atoms with Gasteiger partial charge in [0.15, 0.2) is 0 Å². The van der Waals surface area contributed by atoms with Gasteiger partial charge in [-0.2, -0.15) is 0 Å². The molecule has 0 radical (unpaired) electrons. The zero-order valence-electron chi connectivity index (χ0n) is 10.3. The quantitative estimate of drug-likeness (QED) is 0.197. The maximum Gasteiger partial charge on any atom is 0.316 e. The van der Waals surface area contributed by atoms with Crippen molar-refractivity contribution in [2.45, 2.75) is 13.8 Å². The molecule has 0 aliphatic carbocycles.